The Bertz CT molecular complexity index is 179. The first-order chi connectivity index (χ1) is 5.73. The van der Waals surface area contributed by atoms with Gasteiger partial charge in [-0.15, -0.1) is 0 Å². The van der Waals surface area contributed by atoms with Crippen molar-refractivity contribution in [2.75, 3.05) is 6.54 Å². The van der Waals surface area contributed by atoms with Gasteiger partial charge < -0.3 is 5.73 Å². The van der Waals surface area contributed by atoms with E-state index in [1.807, 2.05) is 0 Å². The predicted molar refractivity (Wildman–Crippen MR) is 57.7 cm³/mol. The van der Waals surface area contributed by atoms with Crippen LogP contribution in [0.2, 0.25) is 0 Å². The molecule has 1 unspecified atom stereocenters. The molecular weight excluding hydrogens is 160 g/mol. The van der Waals surface area contributed by atoms with E-state index in [9.17, 15) is 0 Å². The fourth-order valence-electron chi connectivity index (χ4n) is 2.43. The Labute approximate surface area is 82.5 Å². The van der Waals surface area contributed by atoms with Crippen LogP contribution in [-0.4, -0.2) is 28.6 Å². The van der Waals surface area contributed by atoms with Crippen LogP contribution in [0.5, 0.6) is 0 Å². The van der Waals surface area contributed by atoms with Crippen LogP contribution >= 0.6 is 0 Å². The van der Waals surface area contributed by atoms with Gasteiger partial charge in [0.2, 0.25) is 0 Å². The number of hydrogen-bond donors (Lipinski definition) is 1. The number of rotatable bonds is 0. The van der Waals surface area contributed by atoms with E-state index >= 15 is 0 Å². The summed E-state index contributed by atoms with van der Waals surface area (Å²) < 4.78 is 0. The lowest BCUT2D eigenvalue weighted by molar-refractivity contribution is -0.0100. The molecule has 0 aromatic heterocycles. The summed E-state index contributed by atoms with van der Waals surface area (Å²) in [6.45, 7) is 12.5. The molecule has 0 aromatic rings. The molecule has 78 valence electrons. The Balaban J connectivity index is 2.78. The zero-order valence-electron chi connectivity index (χ0n) is 9.72. The normalized spacial score (nSPS) is 30.5. The zero-order valence-corrected chi connectivity index (χ0v) is 9.72. The molecule has 1 rings (SSSR count). The summed E-state index contributed by atoms with van der Waals surface area (Å²) in [6, 6.07) is 0.368. The fourth-order valence-corrected chi connectivity index (χ4v) is 2.43. The molecule has 2 N–H and O–H groups in total. The van der Waals surface area contributed by atoms with Crippen molar-refractivity contribution in [1.82, 2.24) is 4.90 Å². The summed E-state index contributed by atoms with van der Waals surface area (Å²) in [5, 5.41) is 0. The third-order valence-electron chi connectivity index (χ3n) is 3.08. The van der Waals surface area contributed by atoms with Gasteiger partial charge in [0.25, 0.3) is 0 Å². The van der Waals surface area contributed by atoms with Gasteiger partial charge in [-0.1, -0.05) is 0 Å². The van der Waals surface area contributed by atoms with E-state index in [0.29, 0.717) is 11.6 Å². The largest absolute Gasteiger partial charge is 0.327 e. The molecule has 13 heavy (non-hydrogen) atoms. The van der Waals surface area contributed by atoms with E-state index in [0.717, 1.165) is 6.54 Å². The summed E-state index contributed by atoms with van der Waals surface area (Å²) in [7, 11) is 0. The van der Waals surface area contributed by atoms with Gasteiger partial charge in [0, 0.05) is 23.7 Å². The number of hydrogen-bond acceptors (Lipinski definition) is 2. The van der Waals surface area contributed by atoms with Crippen LogP contribution in [0, 0.1) is 0 Å². The van der Waals surface area contributed by atoms with Gasteiger partial charge in [-0.3, -0.25) is 4.90 Å². The van der Waals surface area contributed by atoms with Gasteiger partial charge in [-0.05, 0) is 47.5 Å². The standard InChI is InChI=1S/C11H24N2/c1-10(2,3)13-8-9(12)6-7-11(13,4)5/h9H,6-8,12H2,1-5H3. The Morgan fingerprint density at radius 3 is 2.23 bits per heavy atom. The molecule has 0 amide bonds. The van der Waals surface area contributed by atoms with Crippen molar-refractivity contribution in [3.63, 3.8) is 0 Å². The monoisotopic (exact) mass is 184 g/mol. The van der Waals surface area contributed by atoms with Crippen molar-refractivity contribution in [2.45, 2.75) is 64.6 Å². The molecule has 1 aliphatic rings. The second-order valence-corrected chi connectivity index (χ2v) is 5.89. The third-order valence-corrected chi connectivity index (χ3v) is 3.08. The van der Waals surface area contributed by atoms with E-state index in [1.54, 1.807) is 0 Å². The molecule has 1 heterocycles. The molecule has 0 spiro atoms. The Morgan fingerprint density at radius 1 is 1.31 bits per heavy atom. The van der Waals surface area contributed by atoms with Gasteiger partial charge in [0.05, 0.1) is 0 Å². The molecule has 1 aliphatic heterocycles. The van der Waals surface area contributed by atoms with Crippen LogP contribution in [0.1, 0.15) is 47.5 Å². The maximum atomic E-state index is 6.00. The van der Waals surface area contributed by atoms with Crippen molar-refractivity contribution < 1.29 is 0 Å². The van der Waals surface area contributed by atoms with E-state index in [2.05, 4.69) is 39.5 Å². The number of nitrogens with zero attached hydrogens (tertiary/aromatic N) is 1. The lowest BCUT2D eigenvalue weighted by Crippen LogP contribution is -2.61. The van der Waals surface area contributed by atoms with Crippen molar-refractivity contribution in [2.24, 2.45) is 5.73 Å². The van der Waals surface area contributed by atoms with E-state index in [1.165, 1.54) is 12.8 Å². The minimum atomic E-state index is 0.238. The van der Waals surface area contributed by atoms with Crippen molar-refractivity contribution in [3.8, 4) is 0 Å². The van der Waals surface area contributed by atoms with E-state index in [-0.39, 0.29) is 5.54 Å². The molecule has 0 aromatic carbocycles. The third kappa shape index (κ3) is 2.44. The number of nitrogens with two attached hydrogens (primary N) is 1. The number of likely N-dealkylation sites (tertiary alicyclic amines) is 1. The maximum Gasteiger partial charge on any atom is 0.0168 e. The van der Waals surface area contributed by atoms with Gasteiger partial charge in [0.15, 0.2) is 0 Å². The van der Waals surface area contributed by atoms with Crippen LogP contribution in [-0.2, 0) is 0 Å². The zero-order chi connectivity index (χ0) is 10.3. The molecule has 0 bridgehead atoms. The molecule has 0 saturated carbocycles. The first kappa shape index (κ1) is 11.0. The second kappa shape index (κ2) is 3.25. The van der Waals surface area contributed by atoms with Crippen LogP contribution < -0.4 is 5.73 Å². The van der Waals surface area contributed by atoms with E-state index < -0.39 is 0 Å². The van der Waals surface area contributed by atoms with Gasteiger partial charge >= 0.3 is 0 Å². The molecule has 1 atom stereocenters. The lowest BCUT2D eigenvalue weighted by atomic mass is 9.84. The average Bonchev–Trinajstić information content (AvgIpc) is 1.92. The summed E-state index contributed by atoms with van der Waals surface area (Å²) in [5.74, 6) is 0. The topological polar surface area (TPSA) is 29.3 Å². The van der Waals surface area contributed by atoms with Crippen molar-refractivity contribution in [1.29, 1.82) is 0 Å². The van der Waals surface area contributed by atoms with Crippen LogP contribution in [0.25, 0.3) is 0 Å². The Kier molecular flexibility index (Phi) is 2.75. The summed E-state index contributed by atoms with van der Waals surface area (Å²) in [5.41, 5.74) is 6.55. The highest BCUT2D eigenvalue weighted by Gasteiger charge is 2.38. The molecule has 1 fully saturated rings. The minimum Gasteiger partial charge on any atom is -0.327 e. The second-order valence-electron chi connectivity index (χ2n) is 5.89. The number of piperidine rings is 1. The van der Waals surface area contributed by atoms with Crippen LogP contribution in [0.15, 0.2) is 0 Å². The summed E-state index contributed by atoms with van der Waals surface area (Å²) >= 11 is 0. The Hall–Kier alpha value is -0.0800. The van der Waals surface area contributed by atoms with Crippen molar-refractivity contribution in [3.05, 3.63) is 0 Å². The minimum absolute atomic E-state index is 0.238. The first-order valence-corrected chi connectivity index (χ1v) is 5.27. The van der Waals surface area contributed by atoms with Crippen LogP contribution in [0.3, 0.4) is 0 Å². The Morgan fingerprint density at radius 2 is 1.85 bits per heavy atom. The summed E-state index contributed by atoms with van der Waals surface area (Å²) in [6.07, 6.45) is 2.38. The molecular formula is C11H24N2. The van der Waals surface area contributed by atoms with Crippen molar-refractivity contribution >= 4 is 0 Å². The molecule has 0 radical (unpaired) electrons. The van der Waals surface area contributed by atoms with E-state index in [4.69, 9.17) is 5.73 Å². The summed E-state index contributed by atoms with van der Waals surface area (Å²) in [4.78, 5) is 2.54. The van der Waals surface area contributed by atoms with Gasteiger partial charge in [0.1, 0.15) is 0 Å². The molecule has 0 aliphatic carbocycles. The lowest BCUT2D eigenvalue weighted by Gasteiger charge is -2.51. The predicted octanol–water partition coefficient (Wildman–Crippen LogP) is 1.99. The van der Waals surface area contributed by atoms with Gasteiger partial charge in [-0.2, -0.15) is 0 Å². The first-order valence-electron chi connectivity index (χ1n) is 5.27. The molecule has 1 saturated heterocycles. The average molecular weight is 184 g/mol. The quantitative estimate of drug-likeness (QED) is 0.624. The highest BCUT2D eigenvalue weighted by Crippen LogP contribution is 2.32. The maximum absolute atomic E-state index is 6.00. The van der Waals surface area contributed by atoms with Gasteiger partial charge in [-0.25, -0.2) is 0 Å². The fraction of sp³-hybridized carbons (Fsp3) is 1.00. The highest BCUT2D eigenvalue weighted by atomic mass is 15.3. The highest BCUT2D eigenvalue weighted by molar-refractivity contribution is 4.96. The SMILES string of the molecule is CC(C)(C)N1CC(N)CCC1(C)C. The van der Waals surface area contributed by atoms with Crippen LogP contribution in [0.4, 0.5) is 0 Å². The molecule has 2 heteroatoms. The smallest absolute Gasteiger partial charge is 0.0168 e. The molecule has 2 nitrogen and oxygen atoms in total.